The number of aliphatic hydroxyl groups is 1. The van der Waals surface area contributed by atoms with Crippen molar-refractivity contribution in [3.63, 3.8) is 0 Å². The van der Waals surface area contributed by atoms with Gasteiger partial charge < -0.3 is 9.84 Å². The summed E-state index contributed by atoms with van der Waals surface area (Å²) in [6.07, 6.45) is 0.769. The van der Waals surface area contributed by atoms with E-state index in [1.165, 1.54) is 24.4 Å². The van der Waals surface area contributed by atoms with Crippen molar-refractivity contribution in [1.29, 1.82) is 5.26 Å². The van der Waals surface area contributed by atoms with Crippen molar-refractivity contribution in [1.82, 2.24) is 4.98 Å². The normalized spacial score (nSPS) is 11.5. The fourth-order valence-corrected chi connectivity index (χ4v) is 1.63. The standard InChI is InChI=1S/C14H11N3O4/c1-9(18)11-3-5-14(16-8-11)21-13-4-2-10(7-15)6-12(13)17(19)20/h2-6,8-9,18H,1H3/t9-/m1/s1. The number of hydrogen-bond donors (Lipinski definition) is 1. The highest BCUT2D eigenvalue weighted by molar-refractivity contribution is 5.52. The molecule has 0 unspecified atom stereocenters. The Morgan fingerprint density at radius 2 is 2.19 bits per heavy atom. The van der Waals surface area contributed by atoms with E-state index in [2.05, 4.69) is 4.98 Å². The number of pyridine rings is 1. The van der Waals surface area contributed by atoms with Crippen LogP contribution in [0, 0.1) is 21.4 Å². The van der Waals surface area contributed by atoms with Crippen molar-refractivity contribution in [2.24, 2.45) is 0 Å². The minimum absolute atomic E-state index is 0.00343. The van der Waals surface area contributed by atoms with Crippen molar-refractivity contribution >= 4 is 5.69 Å². The van der Waals surface area contributed by atoms with E-state index in [4.69, 9.17) is 10.00 Å². The highest BCUT2D eigenvalue weighted by atomic mass is 16.6. The quantitative estimate of drug-likeness (QED) is 0.683. The molecule has 7 nitrogen and oxygen atoms in total. The molecule has 106 valence electrons. The minimum atomic E-state index is -0.657. The molecule has 0 amide bonds. The summed E-state index contributed by atoms with van der Waals surface area (Å²) in [7, 11) is 0. The smallest absolute Gasteiger partial charge is 0.312 e. The SMILES string of the molecule is C[C@@H](O)c1ccc(Oc2ccc(C#N)cc2[N+](=O)[O-])nc1. The number of nitrogens with zero attached hydrogens (tertiary/aromatic N) is 3. The first kappa shape index (κ1) is 14.4. The number of nitro groups is 1. The van der Waals surface area contributed by atoms with E-state index >= 15 is 0 Å². The van der Waals surface area contributed by atoms with E-state index in [9.17, 15) is 15.2 Å². The number of aliphatic hydroxyl groups excluding tert-OH is 1. The molecule has 0 saturated heterocycles. The van der Waals surface area contributed by atoms with Crippen LogP contribution in [0.5, 0.6) is 11.6 Å². The third-order valence-electron chi connectivity index (χ3n) is 2.74. The molecule has 1 aromatic heterocycles. The molecule has 0 radical (unpaired) electrons. The Kier molecular flexibility index (Phi) is 4.11. The Morgan fingerprint density at radius 1 is 1.43 bits per heavy atom. The molecule has 1 atom stereocenters. The van der Waals surface area contributed by atoms with Gasteiger partial charge in [0, 0.05) is 18.3 Å². The van der Waals surface area contributed by atoms with Gasteiger partial charge in [-0.05, 0) is 30.7 Å². The molecule has 0 saturated carbocycles. The van der Waals surface area contributed by atoms with Gasteiger partial charge in [-0.3, -0.25) is 10.1 Å². The van der Waals surface area contributed by atoms with Gasteiger partial charge in [0.2, 0.25) is 11.6 Å². The summed E-state index contributed by atoms with van der Waals surface area (Å²) >= 11 is 0. The molecule has 0 aliphatic carbocycles. The van der Waals surface area contributed by atoms with Gasteiger partial charge in [0.1, 0.15) is 0 Å². The third kappa shape index (κ3) is 3.32. The summed E-state index contributed by atoms with van der Waals surface area (Å²) < 4.78 is 5.36. The second-order valence-electron chi connectivity index (χ2n) is 4.26. The molecule has 0 bridgehead atoms. The van der Waals surface area contributed by atoms with Crippen LogP contribution in [0.25, 0.3) is 0 Å². The molecule has 1 heterocycles. The molecule has 2 rings (SSSR count). The lowest BCUT2D eigenvalue weighted by Crippen LogP contribution is -1.97. The number of hydrogen-bond acceptors (Lipinski definition) is 6. The molecule has 1 aromatic carbocycles. The van der Waals surface area contributed by atoms with Gasteiger partial charge in [-0.2, -0.15) is 5.26 Å². The van der Waals surface area contributed by atoms with Gasteiger partial charge in [-0.1, -0.05) is 0 Å². The maximum absolute atomic E-state index is 11.0. The second kappa shape index (κ2) is 5.98. The Bertz CT molecular complexity index is 705. The van der Waals surface area contributed by atoms with Crippen molar-refractivity contribution in [2.45, 2.75) is 13.0 Å². The number of ether oxygens (including phenoxy) is 1. The number of nitriles is 1. The molecule has 0 aliphatic heterocycles. The van der Waals surface area contributed by atoms with Crippen LogP contribution < -0.4 is 4.74 Å². The van der Waals surface area contributed by atoms with E-state index in [0.717, 1.165) is 6.07 Å². The fourth-order valence-electron chi connectivity index (χ4n) is 1.63. The van der Waals surface area contributed by atoms with E-state index in [-0.39, 0.29) is 22.9 Å². The first-order valence-corrected chi connectivity index (χ1v) is 6.01. The maximum Gasteiger partial charge on any atom is 0.312 e. The lowest BCUT2D eigenvalue weighted by atomic mass is 10.2. The average molecular weight is 285 g/mol. The number of aromatic nitrogens is 1. The lowest BCUT2D eigenvalue weighted by Gasteiger charge is -2.07. The molecule has 21 heavy (non-hydrogen) atoms. The van der Waals surface area contributed by atoms with Gasteiger partial charge >= 0.3 is 5.69 Å². The number of rotatable bonds is 4. The Morgan fingerprint density at radius 3 is 2.71 bits per heavy atom. The van der Waals surface area contributed by atoms with Gasteiger partial charge in [-0.25, -0.2) is 4.98 Å². The predicted molar refractivity (Wildman–Crippen MR) is 72.8 cm³/mol. The third-order valence-corrected chi connectivity index (χ3v) is 2.74. The topological polar surface area (TPSA) is 109 Å². The van der Waals surface area contributed by atoms with Gasteiger partial charge in [-0.15, -0.1) is 0 Å². The highest BCUT2D eigenvalue weighted by Gasteiger charge is 2.17. The van der Waals surface area contributed by atoms with Crippen LogP contribution in [0.4, 0.5) is 5.69 Å². The second-order valence-corrected chi connectivity index (χ2v) is 4.26. The molecular weight excluding hydrogens is 274 g/mol. The molecular formula is C14H11N3O4. The summed E-state index contributed by atoms with van der Waals surface area (Å²) in [6, 6.07) is 8.86. The molecule has 2 aromatic rings. The first-order chi connectivity index (χ1) is 10.0. The van der Waals surface area contributed by atoms with Crippen molar-refractivity contribution in [3.05, 3.63) is 57.8 Å². The van der Waals surface area contributed by atoms with Crippen LogP contribution in [0.1, 0.15) is 24.2 Å². The molecule has 0 aliphatic rings. The van der Waals surface area contributed by atoms with Crippen LogP contribution in [-0.2, 0) is 0 Å². The zero-order chi connectivity index (χ0) is 15.4. The summed E-state index contributed by atoms with van der Waals surface area (Å²) in [5, 5.41) is 29.1. The van der Waals surface area contributed by atoms with E-state index in [1.807, 2.05) is 6.07 Å². The van der Waals surface area contributed by atoms with E-state index in [1.54, 1.807) is 13.0 Å². The van der Waals surface area contributed by atoms with Crippen molar-refractivity contribution < 1.29 is 14.8 Å². The summed E-state index contributed by atoms with van der Waals surface area (Å²) in [6.45, 7) is 1.60. The fraction of sp³-hybridized carbons (Fsp3) is 0.143. The van der Waals surface area contributed by atoms with Crippen LogP contribution in [0.3, 0.4) is 0 Å². The number of benzene rings is 1. The number of nitro benzene ring substituents is 1. The Balaban J connectivity index is 2.31. The maximum atomic E-state index is 11.0. The lowest BCUT2D eigenvalue weighted by molar-refractivity contribution is -0.385. The Labute approximate surface area is 120 Å². The van der Waals surface area contributed by atoms with Crippen LogP contribution in [0.15, 0.2) is 36.5 Å². The van der Waals surface area contributed by atoms with E-state index in [0.29, 0.717) is 5.56 Å². The van der Waals surface area contributed by atoms with Crippen molar-refractivity contribution in [3.8, 4) is 17.7 Å². The molecule has 7 heteroatoms. The van der Waals surface area contributed by atoms with Crippen LogP contribution >= 0.6 is 0 Å². The zero-order valence-electron chi connectivity index (χ0n) is 11.1. The van der Waals surface area contributed by atoms with Crippen molar-refractivity contribution in [2.75, 3.05) is 0 Å². The Hall–Kier alpha value is -2.98. The highest BCUT2D eigenvalue weighted by Crippen LogP contribution is 2.31. The summed E-state index contributed by atoms with van der Waals surface area (Å²) in [5.74, 6) is 0.156. The molecule has 1 N–H and O–H groups in total. The summed E-state index contributed by atoms with van der Waals surface area (Å²) in [5.41, 5.74) is 0.471. The predicted octanol–water partition coefficient (Wildman–Crippen LogP) is 2.71. The minimum Gasteiger partial charge on any atom is -0.432 e. The van der Waals surface area contributed by atoms with Gasteiger partial charge in [0.25, 0.3) is 0 Å². The monoisotopic (exact) mass is 285 g/mol. The summed E-state index contributed by atoms with van der Waals surface area (Å²) in [4.78, 5) is 14.3. The van der Waals surface area contributed by atoms with Crippen LogP contribution in [-0.4, -0.2) is 15.0 Å². The average Bonchev–Trinajstić information content (AvgIpc) is 2.48. The molecule has 0 spiro atoms. The zero-order valence-corrected chi connectivity index (χ0v) is 11.1. The largest absolute Gasteiger partial charge is 0.432 e. The van der Waals surface area contributed by atoms with Gasteiger partial charge in [0.15, 0.2) is 0 Å². The van der Waals surface area contributed by atoms with E-state index < -0.39 is 11.0 Å². The molecule has 0 fully saturated rings. The van der Waals surface area contributed by atoms with Crippen LogP contribution in [0.2, 0.25) is 0 Å². The van der Waals surface area contributed by atoms with Gasteiger partial charge in [0.05, 0.1) is 22.7 Å². The first-order valence-electron chi connectivity index (χ1n) is 6.01.